The van der Waals surface area contributed by atoms with Crippen LogP contribution in [0.15, 0.2) is 65.7 Å². The molecule has 4 aromatic rings. The normalized spacial score (nSPS) is 12.0. The van der Waals surface area contributed by atoms with Crippen molar-refractivity contribution in [2.75, 3.05) is 26.6 Å². The molecule has 174 valence electrons. The topological polar surface area (TPSA) is 82.0 Å². The third kappa shape index (κ3) is 5.18. The van der Waals surface area contributed by atoms with E-state index in [2.05, 4.69) is 15.3 Å². The van der Waals surface area contributed by atoms with Gasteiger partial charge < -0.3 is 14.2 Å². The monoisotopic (exact) mass is 475 g/mol. The molecule has 1 aromatic heterocycles. The second kappa shape index (κ2) is 10.4. The molecule has 1 atom stereocenters. The van der Waals surface area contributed by atoms with E-state index in [-0.39, 0.29) is 5.91 Å². The number of aliphatic imine (C=N–C) groups is 1. The number of benzene rings is 3. The number of thiazole rings is 1. The van der Waals surface area contributed by atoms with Gasteiger partial charge >= 0.3 is 0 Å². The number of ether oxygens (including phenoxy) is 3. The van der Waals surface area contributed by atoms with Crippen molar-refractivity contribution >= 4 is 38.8 Å². The Bertz CT molecular complexity index is 1270. The fourth-order valence-corrected chi connectivity index (χ4v) is 4.29. The number of anilines is 1. The van der Waals surface area contributed by atoms with Gasteiger partial charge in [0.2, 0.25) is 6.10 Å². The standard InChI is InChI=1S/C26H25N3O4S/c1-16-5-9-18(10-6-16)24(33-19-11-7-17(8-12-19)15-27-2)25(30)29-26-28-20-13-21(31-3)22(32-4)14-23(20)34-26/h5-15,24H,1-4H3,(H,28,29,30). The highest BCUT2D eigenvalue weighted by molar-refractivity contribution is 7.22. The Morgan fingerprint density at radius 3 is 2.35 bits per heavy atom. The fourth-order valence-electron chi connectivity index (χ4n) is 3.41. The predicted octanol–water partition coefficient (Wildman–Crippen LogP) is 5.43. The molecule has 1 amide bonds. The molecule has 0 aliphatic heterocycles. The van der Waals surface area contributed by atoms with Gasteiger partial charge in [-0.15, -0.1) is 0 Å². The first-order valence-corrected chi connectivity index (χ1v) is 11.4. The molecule has 1 heterocycles. The van der Waals surface area contributed by atoms with Gasteiger partial charge in [0, 0.05) is 31.0 Å². The average molecular weight is 476 g/mol. The van der Waals surface area contributed by atoms with Crippen molar-refractivity contribution in [2.45, 2.75) is 13.0 Å². The van der Waals surface area contributed by atoms with Gasteiger partial charge in [-0.05, 0) is 36.8 Å². The van der Waals surface area contributed by atoms with Crippen molar-refractivity contribution in [3.8, 4) is 17.2 Å². The molecule has 8 heteroatoms. The second-order valence-electron chi connectivity index (χ2n) is 7.55. The van der Waals surface area contributed by atoms with Gasteiger partial charge in [-0.1, -0.05) is 41.2 Å². The van der Waals surface area contributed by atoms with Crippen molar-refractivity contribution < 1.29 is 19.0 Å². The maximum Gasteiger partial charge on any atom is 0.271 e. The number of hydrogen-bond donors (Lipinski definition) is 1. The van der Waals surface area contributed by atoms with Crippen LogP contribution < -0.4 is 19.5 Å². The van der Waals surface area contributed by atoms with E-state index >= 15 is 0 Å². The SMILES string of the molecule is CN=Cc1ccc(OC(C(=O)Nc2nc3cc(OC)c(OC)cc3s2)c2ccc(C)cc2)cc1. The molecule has 1 unspecified atom stereocenters. The summed E-state index contributed by atoms with van der Waals surface area (Å²) in [5.74, 6) is 1.44. The smallest absolute Gasteiger partial charge is 0.271 e. The quantitative estimate of drug-likeness (QED) is 0.344. The summed E-state index contributed by atoms with van der Waals surface area (Å²) in [7, 11) is 4.87. The van der Waals surface area contributed by atoms with Crippen LogP contribution in [0.25, 0.3) is 10.2 Å². The summed E-state index contributed by atoms with van der Waals surface area (Å²) in [5.41, 5.74) is 3.50. The molecule has 0 radical (unpaired) electrons. The number of carbonyl (C=O) groups is 1. The molecular weight excluding hydrogens is 450 g/mol. The van der Waals surface area contributed by atoms with E-state index in [0.717, 1.165) is 21.4 Å². The highest BCUT2D eigenvalue weighted by Crippen LogP contribution is 2.36. The van der Waals surface area contributed by atoms with Gasteiger partial charge in [-0.25, -0.2) is 4.98 Å². The number of aromatic nitrogens is 1. The van der Waals surface area contributed by atoms with E-state index in [0.29, 0.717) is 27.9 Å². The lowest BCUT2D eigenvalue weighted by molar-refractivity contribution is -0.123. The van der Waals surface area contributed by atoms with Crippen LogP contribution in [0.3, 0.4) is 0 Å². The van der Waals surface area contributed by atoms with Crippen LogP contribution in [0.2, 0.25) is 0 Å². The molecule has 34 heavy (non-hydrogen) atoms. The van der Waals surface area contributed by atoms with Crippen LogP contribution in [-0.4, -0.2) is 38.4 Å². The van der Waals surface area contributed by atoms with Gasteiger partial charge in [-0.3, -0.25) is 15.1 Å². The third-order valence-corrected chi connectivity index (χ3v) is 6.09. The molecule has 0 aliphatic carbocycles. The van der Waals surface area contributed by atoms with E-state index in [1.165, 1.54) is 11.3 Å². The van der Waals surface area contributed by atoms with Crippen molar-refractivity contribution in [1.29, 1.82) is 0 Å². The van der Waals surface area contributed by atoms with Crippen LogP contribution in [0.5, 0.6) is 17.2 Å². The Kier molecular flexibility index (Phi) is 7.08. The lowest BCUT2D eigenvalue weighted by atomic mass is 10.1. The van der Waals surface area contributed by atoms with Gasteiger partial charge in [0.05, 0.1) is 24.4 Å². The van der Waals surface area contributed by atoms with Crippen LogP contribution in [0, 0.1) is 6.92 Å². The Labute approximate surface area is 202 Å². The van der Waals surface area contributed by atoms with Gasteiger partial charge in [-0.2, -0.15) is 0 Å². The van der Waals surface area contributed by atoms with Crippen LogP contribution in [0.4, 0.5) is 5.13 Å². The molecule has 0 saturated carbocycles. The number of carbonyl (C=O) groups excluding carboxylic acids is 1. The molecule has 3 aromatic carbocycles. The zero-order valence-electron chi connectivity index (χ0n) is 19.4. The molecule has 0 saturated heterocycles. The Morgan fingerprint density at radius 2 is 1.71 bits per heavy atom. The lowest BCUT2D eigenvalue weighted by Crippen LogP contribution is -2.25. The number of nitrogens with zero attached hydrogens (tertiary/aromatic N) is 2. The first kappa shape index (κ1) is 23.3. The summed E-state index contributed by atoms with van der Waals surface area (Å²) >= 11 is 1.35. The molecule has 7 nitrogen and oxygen atoms in total. The summed E-state index contributed by atoms with van der Waals surface area (Å²) < 4.78 is 17.7. The minimum atomic E-state index is -0.859. The molecule has 0 fully saturated rings. The summed E-state index contributed by atoms with van der Waals surface area (Å²) in [4.78, 5) is 21.9. The fraction of sp³-hybridized carbons (Fsp3) is 0.192. The van der Waals surface area contributed by atoms with E-state index < -0.39 is 6.10 Å². The van der Waals surface area contributed by atoms with Crippen molar-refractivity contribution in [2.24, 2.45) is 4.99 Å². The van der Waals surface area contributed by atoms with E-state index in [1.54, 1.807) is 33.5 Å². The predicted molar refractivity (Wildman–Crippen MR) is 136 cm³/mol. The molecule has 0 aliphatic rings. The maximum absolute atomic E-state index is 13.4. The Morgan fingerprint density at radius 1 is 1.03 bits per heavy atom. The summed E-state index contributed by atoms with van der Waals surface area (Å²) in [6.07, 6.45) is 0.896. The molecule has 0 spiro atoms. The third-order valence-electron chi connectivity index (χ3n) is 5.15. The van der Waals surface area contributed by atoms with Crippen molar-refractivity contribution in [3.05, 3.63) is 77.4 Å². The highest BCUT2D eigenvalue weighted by atomic mass is 32.1. The number of aryl methyl sites for hydroxylation is 1. The molecule has 1 N–H and O–H groups in total. The minimum absolute atomic E-state index is 0.318. The van der Waals surface area contributed by atoms with E-state index in [4.69, 9.17) is 14.2 Å². The van der Waals surface area contributed by atoms with E-state index in [1.807, 2.05) is 61.5 Å². The van der Waals surface area contributed by atoms with Crippen molar-refractivity contribution in [1.82, 2.24) is 4.98 Å². The molecule has 0 bridgehead atoms. The zero-order chi connectivity index (χ0) is 24.1. The van der Waals surface area contributed by atoms with Crippen LogP contribution in [-0.2, 0) is 4.79 Å². The number of rotatable bonds is 8. The summed E-state index contributed by atoms with van der Waals surface area (Å²) in [6, 6.07) is 18.8. The largest absolute Gasteiger partial charge is 0.493 e. The maximum atomic E-state index is 13.4. The lowest BCUT2D eigenvalue weighted by Gasteiger charge is -2.19. The number of methoxy groups -OCH3 is 2. The minimum Gasteiger partial charge on any atom is -0.493 e. The van der Waals surface area contributed by atoms with Crippen molar-refractivity contribution in [3.63, 3.8) is 0 Å². The van der Waals surface area contributed by atoms with Crippen LogP contribution >= 0.6 is 11.3 Å². The van der Waals surface area contributed by atoms with Gasteiger partial charge in [0.25, 0.3) is 5.91 Å². The first-order chi connectivity index (χ1) is 16.5. The number of nitrogens with one attached hydrogen (secondary N) is 1. The Hall–Kier alpha value is -3.91. The zero-order valence-corrected chi connectivity index (χ0v) is 20.2. The average Bonchev–Trinajstić information content (AvgIpc) is 3.24. The van der Waals surface area contributed by atoms with Gasteiger partial charge in [0.15, 0.2) is 16.6 Å². The van der Waals surface area contributed by atoms with Crippen LogP contribution in [0.1, 0.15) is 22.8 Å². The summed E-state index contributed by atoms with van der Waals surface area (Å²) in [6.45, 7) is 2.00. The number of amides is 1. The molecular formula is C26H25N3O4S. The Balaban J connectivity index is 1.61. The van der Waals surface area contributed by atoms with Gasteiger partial charge in [0.1, 0.15) is 5.75 Å². The van der Waals surface area contributed by atoms with E-state index in [9.17, 15) is 4.79 Å². The summed E-state index contributed by atoms with van der Waals surface area (Å²) in [5, 5.41) is 3.38. The number of hydrogen-bond acceptors (Lipinski definition) is 7. The molecule has 4 rings (SSSR count). The first-order valence-electron chi connectivity index (χ1n) is 10.6. The second-order valence-corrected chi connectivity index (χ2v) is 8.58. The number of fused-ring (bicyclic) bond motifs is 1. The highest BCUT2D eigenvalue weighted by Gasteiger charge is 2.24.